The lowest BCUT2D eigenvalue weighted by molar-refractivity contribution is 0.596. The van der Waals surface area contributed by atoms with Crippen molar-refractivity contribution in [3.63, 3.8) is 0 Å². The summed E-state index contributed by atoms with van der Waals surface area (Å²) >= 11 is 6.92. The normalized spacial score (nSPS) is 10.6. The van der Waals surface area contributed by atoms with E-state index in [0.717, 1.165) is 0 Å². The van der Waals surface area contributed by atoms with E-state index in [4.69, 9.17) is 11.6 Å². The lowest BCUT2D eigenvalue weighted by atomic mass is 10.5. The highest BCUT2D eigenvalue weighted by Crippen LogP contribution is 2.17. The molecule has 0 saturated heterocycles. The maximum atomic E-state index is 11.1. The third-order valence-corrected chi connectivity index (χ3v) is 3.23. The summed E-state index contributed by atoms with van der Waals surface area (Å²) in [6.45, 7) is 0. The van der Waals surface area contributed by atoms with Crippen LogP contribution in [0.5, 0.6) is 0 Å². The van der Waals surface area contributed by atoms with Gasteiger partial charge in [0.25, 0.3) is 0 Å². The lowest BCUT2D eigenvalue weighted by Gasteiger charge is -2.05. The molecule has 9 heteroatoms. The number of aromatic amines is 1. The molecule has 2 rings (SSSR count). The van der Waals surface area contributed by atoms with Crippen LogP contribution in [0.2, 0.25) is 5.28 Å². The van der Waals surface area contributed by atoms with Crippen LogP contribution < -0.4 is 11.1 Å². The summed E-state index contributed by atoms with van der Waals surface area (Å²) in [5, 5.41) is 2.92. The van der Waals surface area contributed by atoms with Gasteiger partial charge in [0, 0.05) is 19.0 Å². The minimum atomic E-state index is -0.809. The van der Waals surface area contributed by atoms with Crippen LogP contribution >= 0.6 is 23.4 Å². The Balaban J connectivity index is 2.18. The van der Waals surface area contributed by atoms with Gasteiger partial charge in [-0.3, -0.25) is 19.4 Å². The van der Waals surface area contributed by atoms with E-state index in [2.05, 4.69) is 20.1 Å². The number of aromatic nitrogens is 5. The molecule has 2 aromatic rings. The Morgan fingerprint density at radius 2 is 2.22 bits per heavy atom. The second-order valence-corrected chi connectivity index (χ2v) is 4.59. The first-order valence-corrected chi connectivity index (χ1v) is 6.20. The van der Waals surface area contributed by atoms with Gasteiger partial charge < -0.3 is 0 Å². The van der Waals surface area contributed by atoms with Gasteiger partial charge in [0.2, 0.25) is 5.28 Å². The topological polar surface area (TPSA) is 93.5 Å². The zero-order valence-electron chi connectivity index (χ0n) is 9.25. The maximum Gasteiger partial charge on any atom is 0.339 e. The summed E-state index contributed by atoms with van der Waals surface area (Å²) in [6.07, 6.45) is 1.55. The van der Waals surface area contributed by atoms with Crippen molar-refractivity contribution >= 4 is 23.4 Å². The van der Waals surface area contributed by atoms with Crippen LogP contribution in [0.1, 0.15) is 5.69 Å². The first-order chi connectivity index (χ1) is 8.56. The van der Waals surface area contributed by atoms with Crippen LogP contribution in [0.3, 0.4) is 0 Å². The van der Waals surface area contributed by atoms with E-state index in [-0.39, 0.29) is 5.28 Å². The van der Waals surface area contributed by atoms with Crippen LogP contribution in [0, 0.1) is 0 Å². The van der Waals surface area contributed by atoms with Crippen molar-refractivity contribution in [2.24, 2.45) is 7.05 Å². The Labute approximate surface area is 110 Å². The Morgan fingerprint density at radius 3 is 2.94 bits per heavy atom. The molecule has 1 N–H and O–H groups in total. The monoisotopic (exact) mass is 285 g/mol. The van der Waals surface area contributed by atoms with E-state index < -0.39 is 11.1 Å². The zero-order chi connectivity index (χ0) is 13.1. The predicted octanol–water partition coefficient (Wildman–Crippen LogP) is 0.204. The van der Waals surface area contributed by atoms with E-state index in [1.807, 2.05) is 0 Å². The Morgan fingerprint density at radius 1 is 1.44 bits per heavy atom. The summed E-state index contributed by atoms with van der Waals surface area (Å²) in [7, 11) is 1.60. The third kappa shape index (κ3) is 2.96. The molecular formula is C9H8ClN5O2S. The van der Waals surface area contributed by atoms with Gasteiger partial charge in [0.15, 0.2) is 5.16 Å². The van der Waals surface area contributed by atoms with Gasteiger partial charge in [-0.15, -0.1) is 0 Å². The van der Waals surface area contributed by atoms with Crippen LogP contribution in [0.25, 0.3) is 0 Å². The molecule has 0 unspecified atom stereocenters. The average molecular weight is 286 g/mol. The largest absolute Gasteiger partial charge is 0.339 e. The number of hydrogen-bond donors (Lipinski definition) is 1. The molecule has 0 bridgehead atoms. The molecule has 0 aliphatic carbocycles. The Hall–Kier alpha value is -1.67. The van der Waals surface area contributed by atoms with Crippen molar-refractivity contribution in [1.82, 2.24) is 24.7 Å². The van der Waals surface area contributed by atoms with Gasteiger partial charge >= 0.3 is 11.1 Å². The summed E-state index contributed by atoms with van der Waals surface area (Å²) in [6, 6.07) is 1.71. The molecule has 7 nitrogen and oxygen atoms in total. The zero-order valence-corrected chi connectivity index (χ0v) is 10.8. The SMILES string of the molecule is Cn1[nH]c(=O)c(=O)nc1SCc1ccnc(Cl)n1. The summed E-state index contributed by atoms with van der Waals surface area (Å²) in [4.78, 5) is 33.6. The van der Waals surface area contributed by atoms with E-state index in [0.29, 0.717) is 16.6 Å². The highest BCUT2D eigenvalue weighted by molar-refractivity contribution is 7.98. The van der Waals surface area contributed by atoms with Crippen molar-refractivity contribution < 1.29 is 0 Å². The summed E-state index contributed by atoms with van der Waals surface area (Å²) < 4.78 is 1.39. The smallest absolute Gasteiger partial charge is 0.265 e. The Bertz CT molecular complexity index is 683. The third-order valence-electron chi connectivity index (χ3n) is 1.98. The van der Waals surface area contributed by atoms with Gasteiger partial charge in [-0.05, 0) is 17.7 Å². The molecule has 0 aromatic carbocycles. The number of hydrogen-bond acceptors (Lipinski definition) is 6. The highest BCUT2D eigenvalue weighted by atomic mass is 35.5. The summed E-state index contributed by atoms with van der Waals surface area (Å²) in [5.41, 5.74) is -0.844. The molecule has 0 amide bonds. The standard InChI is InChI=1S/C9H8ClN5O2S/c1-15-9(13-6(16)7(17)14-15)18-4-5-2-3-11-8(10)12-5/h2-3H,4H2,1H3,(H,14,17). The number of nitrogens with one attached hydrogen (secondary N) is 1. The fourth-order valence-electron chi connectivity index (χ4n) is 1.18. The number of nitrogens with zero attached hydrogens (tertiary/aromatic N) is 4. The van der Waals surface area contributed by atoms with Crippen LogP contribution in [-0.4, -0.2) is 24.7 Å². The number of H-pyrrole nitrogens is 1. The summed E-state index contributed by atoms with van der Waals surface area (Å²) in [5.74, 6) is 0.467. The van der Waals surface area contributed by atoms with Gasteiger partial charge in [-0.2, -0.15) is 4.98 Å². The number of aryl methyl sites for hydroxylation is 1. The van der Waals surface area contributed by atoms with Crippen LogP contribution in [0.4, 0.5) is 0 Å². The maximum absolute atomic E-state index is 11.1. The van der Waals surface area contributed by atoms with E-state index >= 15 is 0 Å². The van der Waals surface area contributed by atoms with Gasteiger partial charge in [0.1, 0.15) is 0 Å². The molecule has 0 aliphatic rings. The minimum absolute atomic E-state index is 0.163. The van der Waals surface area contributed by atoms with Crippen molar-refractivity contribution in [2.45, 2.75) is 10.9 Å². The van der Waals surface area contributed by atoms with Gasteiger partial charge in [-0.1, -0.05) is 11.8 Å². The van der Waals surface area contributed by atoms with Crippen molar-refractivity contribution in [1.29, 1.82) is 0 Å². The minimum Gasteiger partial charge on any atom is -0.265 e. The molecule has 2 heterocycles. The van der Waals surface area contributed by atoms with E-state index in [1.54, 1.807) is 19.3 Å². The fraction of sp³-hybridized carbons (Fsp3) is 0.222. The molecule has 18 heavy (non-hydrogen) atoms. The first-order valence-electron chi connectivity index (χ1n) is 4.84. The van der Waals surface area contributed by atoms with Crippen molar-refractivity contribution in [3.8, 4) is 0 Å². The second-order valence-electron chi connectivity index (χ2n) is 3.31. The van der Waals surface area contributed by atoms with Crippen molar-refractivity contribution in [3.05, 3.63) is 43.9 Å². The molecule has 0 saturated carbocycles. The fourth-order valence-corrected chi connectivity index (χ4v) is 2.17. The van der Waals surface area contributed by atoms with E-state index in [9.17, 15) is 9.59 Å². The van der Waals surface area contributed by atoms with Crippen LogP contribution in [0.15, 0.2) is 27.0 Å². The quantitative estimate of drug-likeness (QED) is 0.492. The molecule has 0 fully saturated rings. The average Bonchev–Trinajstić information content (AvgIpc) is 2.32. The molecule has 0 radical (unpaired) electrons. The molecular weight excluding hydrogens is 278 g/mol. The number of thioether (sulfide) groups is 1. The molecule has 0 aliphatic heterocycles. The van der Waals surface area contributed by atoms with Crippen LogP contribution in [-0.2, 0) is 12.8 Å². The molecule has 0 atom stereocenters. The number of rotatable bonds is 3. The number of halogens is 1. The Kier molecular flexibility index (Phi) is 3.78. The molecule has 0 spiro atoms. The van der Waals surface area contributed by atoms with Gasteiger partial charge in [-0.25, -0.2) is 9.97 Å². The molecule has 2 aromatic heterocycles. The highest BCUT2D eigenvalue weighted by Gasteiger charge is 2.06. The van der Waals surface area contributed by atoms with Gasteiger partial charge in [0.05, 0.1) is 5.69 Å². The first kappa shape index (κ1) is 12.8. The molecule has 94 valence electrons. The van der Waals surface area contributed by atoms with E-state index in [1.165, 1.54) is 16.4 Å². The predicted molar refractivity (Wildman–Crippen MR) is 66.7 cm³/mol. The lowest BCUT2D eigenvalue weighted by Crippen LogP contribution is -2.33. The second kappa shape index (κ2) is 5.32. The van der Waals surface area contributed by atoms with Crippen molar-refractivity contribution in [2.75, 3.05) is 0 Å².